The molecular formula is C11H24N2O. The molecule has 0 heterocycles. The summed E-state index contributed by atoms with van der Waals surface area (Å²) in [6.07, 6.45) is 2.84. The third kappa shape index (κ3) is 5.97. The molecule has 0 radical (unpaired) electrons. The van der Waals surface area contributed by atoms with Crippen molar-refractivity contribution in [3.8, 4) is 0 Å². The first kappa shape index (κ1) is 13.4. The second kappa shape index (κ2) is 7.80. The normalized spacial score (nSPS) is 10.6. The summed E-state index contributed by atoms with van der Waals surface area (Å²) in [6, 6.07) is 0. The van der Waals surface area contributed by atoms with Crippen LogP contribution >= 0.6 is 0 Å². The Bertz CT molecular complexity index is 157. The van der Waals surface area contributed by atoms with Crippen molar-refractivity contribution in [3.63, 3.8) is 0 Å². The number of nitrogens with zero attached hydrogens (tertiary/aromatic N) is 1. The van der Waals surface area contributed by atoms with Crippen LogP contribution in [0.2, 0.25) is 0 Å². The molecule has 0 aromatic heterocycles. The van der Waals surface area contributed by atoms with Crippen LogP contribution < -0.4 is 5.73 Å². The molecule has 0 aromatic rings. The highest BCUT2D eigenvalue weighted by Gasteiger charge is 2.12. The van der Waals surface area contributed by atoms with Crippen molar-refractivity contribution in [2.45, 2.75) is 40.0 Å². The first-order valence-corrected chi connectivity index (χ1v) is 5.59. The molecule has 0 aromatic carbocycles. The molecule has 0 aliphatic heterocycles. The predicted octanol–water partition coefficient (Wildman–Crippen LogP) is 1.62. The van der Waals surface area contributed by atoms with Gasteiger partial charge in [0, 0.05) is 26.1 Å². The van der Waals surface area contributed by atoms with Crippen LogP contribution in [0.1, 0.15) is 40.0 Å². The number of amides is 1. The van der Waals surface area contributed by atoms with Crippen molar-refractivity contribution in [1.29, 1.82) is 0 Å². The lowest BCUT2D eigenvalue weighted by Crippen LogP contribution is -2.36. The van der Waals surface area contributed by atoms with E-state index in [1.807, 2.05) is 4.90 Å². The Kier molecular flexibility index (Phi) is 7.48. The van der Waals surface area contributed by atoms with Crippen LogP contribution in [-0.2, 0) is 4.79 Å². The number of unbranched alkanes of at least 4 members (excludes halogenated alkanes) is 1. The van der Waals surface area contributed by atoms with Crippen LogP contribution in [0.25, 0.3) is 0 Å². The fourth-order valence-corrected chi connectivity index (χ4v) is 1.34. The minimum absolute atomic E-state index is 0.249. The highest BCUT2D eigenvalue weighted by Crippen LogP contribution is 2.05. The standard InChI is InChI=1S/C11H24N2O/c1-4-5-7-13(8-6-12)11(14)9-10(2)3/h10H,4-9,12H2,1-3H3. The van der Waals surface area contributed by atoms with Crippen molar-refractivity contribution in [1.82, 2.24) is 4.90 Å². The summed E-state index contributed by atoms with van der Waals surface area (Å²) in [4.78, 5) is 13.6. The van der Waals surface area contributed by atoms with E-state index in [1.54, 1.807) is 0 Å². The lowest BCUT2D eigenvalue weighted by Gasteiger charge is -2.22. The molecule has 0 fully saturated rings. The minimum Gasteiger partial charge on any atom is -0.341 e. The van der Waals surface area contributed by atoms with Gasteiger partial charge in [0.2, 0.25) is 5.91 Å². The molecule has 0 bridgehead atoms. The van der Waals surface area contributed by atoms with E-state index in [4.69, 9.17) is 5.73 Å². The number of rotatable bonds is 7. The molecule has 0 rings (SSSR count). The van der Waals surface area contributed by atoms with E-state index in [0.29, 0.717) is 25.4 Å². The topological polar surface area (TPSA) is 46.3 Å². The summed E-state index contributed by atoms with van der Waals surface area (Å²) in [7, 11) is 0. The minimum atomic E-state index is 0.249. The third-order valence-corrected chi connectivity index (χ3v) is 2.12. The van der Waals surface area contributed by atoms with Crippen molar-refractivity contribution < 1.29 is 4.79 Å². The maximum Gasteiger partial charge on any atom is 0.222 e. The third-order valence-electron chi connectivity index (χ3n) is 2.12. The van der Waals surface area contributed by atoms with Crippen LogP contribution in [0.3, 0.4) is 0 Å². The molecule has 0 saturated heterocycles. The van der Waals surface area contributed by atoms with Crippen molar-refractivity contribution in [3.05, 3.63) is 0 Å². The van der Waals surface area contributed by atoms with Crippen LogP contribution in [0.15, 0.2) is 0 Å². The van der Waals surface area contributed by atoms with Gasteiger partial charge in [-0.2, -0.15) is 0 Å². The van der Waals surface area contributed by atoms with E-state index in [-0.39, 0.29) is 5.91 Å². The maximum absolute atomic E-state index is 11.7. The molecule has 0 atom stereocenters. The van der Waals surface area contributed by atoms with Crippen molar-refractivity contribution in [2.75, 3.05) is 19.6 Å². The van der Waals surface area contributed by atoms with Gasteiger partial charge in [0.1, 0.15) is 0 Å². The summed E-state index contributed by atoms with van der Waals surface area (Å²) < 4.78 is 0. The Morgan fingerprint density at radius 3 is 2.43 bits per heavy atom. The summed E-state index contributed by atoms with van der Waals surface area (Å²) >= 11 is 0. The smallest absolute Gasteiger partial charge is 0.222 e. The average molecular weight is 200 g/mol. The monoisotopic (exact) mass is 200 g/mol. The van der Waals surface area contributed by atoms with Gasteiger partial charge in [0.25, 0.3) is 0 Å². The van der Waals surface area contributed by atoms with E-state index in [0.717, 1.165) is 19.4 Å². The Hall–Kier alpha value is -0.570. The molecular weight excluding hydrogens is 176 g/mol. The zero-order valence-electron chi connectivity index (χ0n) is 9.75. The van der Waals surface area contributed by atoms with E-state index in [1.165, 1.54) is 0 Å². The van der Waals surface area contributed by atoms with Crippen LogP contribution in [0.4, 0.5) is 0 Å². The molecule has 3 nitrogen and oxygen atoms in total. The quantitative estimate of drug-likeness (QED) is 0.679. The second-order valence-electron chi connectivity index (χ2n) is 4.12. The van der Waals surface area contributed by atoms with Gasteiger partial charge >= 0.3 is 0 Å². The summed E-state index contributed by atoms with van der Waals surface area (Å²) in [5, 5.41) is 0. The van der Waals surface area contributed by atoms with Crippen molar-refractivity contribution in [2.24, 2.45) is 11.7 Å². The Labute approximate surface area is 87.6 Å². The molecule has 0 aliphatic carbocycles. The molecule has 1 amide bonds. The second-order valence-corrected chi connectivity index (χ2v) is 4.12. The van der Waals surface area contributed by atoms with Gasteiger partial charge in [0.05, 0.1) is 0 Å². The van der Waals surface area contributed by atoms with Crippen molar-refractivity contribution >= 4 is 5.91 Å². The number of hydrogen-bond acceptors (Lipinski definition) is 2. The molecule has 0 unspecified atom stereocenters. The number of nitrogens with two attached hydrogens (primary N) is 1. The van der Waals surface area contributed by atoms with Crippen LogP contribution in [0, 0.1) is 5.92 Å². The van der Waals surface area contributed by atoms with Gasteiger partial charge in [-0.1, -0.05) is 27.2 Å². The van der Waals surface area contributed by atoms with Gasteiger partial charge in [-0.25, -0.2) is 0 Å². The van der Waals surface area contributed by atoms with Gasteiger partial charge in [-0.05, 0) is 12.3 Å². The zero-order chi connectivity index (χ0) is 11.0. The number of hydrogen-bond donors (Lipinski definition) is 1. The molecule has 2 N–H and O–H groups in total. The molecule has 0 aliphatic rings. The summed E-state index contributed by atoms with van der Waals surface area (Å²) in [5.74, 6) is 0.684. The fraction of sp³-hybridized carbons (Fsp3) is 0.909. The van der Waals surface area contributed by atoms with Gasteiger partial charge in [-0.3, -0.25) is 4.79 Å². The zero-order valence-corrected chi connectivity index (χ0v) is 9.75. The lowest BCUT2D eigenvalue weighted by molar-refractivity contribution is -0.131. The predicted molar refractivity (Wildman–Crippen MR) is 60.0 cm³/mol. The van der Waals surface area contributed by atoms with E-state index >= 15 is 0 Å². The maximum atomic E-state index is 11.7. The summed E-state index contributed by atoms with van der Waals surface area (Å²) in [5.41, 5.74) is 5.48. The Balaban J connectivity index is 3.97. The molecule has 0 saturated carbocycles. The first-order valence-electron chi connectivity index (χ1n) is 5.59. The molecule has 84 valence electrons. The molecule has 0 spiro atoms. The van der Waals surface area contributed by atoms with Crippen LogP contribution in [0.5, 0.6) is 0 Å². The molecule has 14 heavy (non-hydrogen) atoms. The fourth-order valence-electron chi connectivity index (χ4n) is 1.34. The Morgan fingerprint density at radius 1 is 1.36 bits per heavy atom. The van der Waals surface area contributed by atoms with E-state index in [2.05, 4.69) is 20.8 Å². The highest BCUT2D eigenvalue weighted by molar-refractivity contribution is 5.76. The summed E-state index contributed by atoms with van der Waals surface area (Å²) in [6.45, 7) is 8.39. The van der Waals surface area contributed by atoms with Gasteiger partial charge in [-0.15, -0.1) is 0 Å². The van der Waals surface area contributed by atoms with E-state index in [9.17, 15) is 4.79 Å². The van der Waals surface area contributed by atoms with E-state index < -0.39 is 0 Å². The largest absolute Gasteiger partial charge is 0.341 e. The average Bonchev–Trinajstić information content (AvgIpc) is 2.10. The SMILES string of the molecule is CCCCN(CCN)C(=O)CC(C)C. The van der Waals surface area contributed by atoms with Gasteiger partial charge in [0.15, 0.2) is 0 Å². The van der Waals surface area contributed by atoms with Gasteiger partial charge < -0.3 is 10.6 Å². The highest BCUT2D eigenvalue weighted by atomic mass is 16.2. The number of carbonyl (C=O) groups excluding carboxylic acids is 1. The Morgan fingerprint density at radius 2 is 2.00 bits per heavy atom. The number of carbonyl (C=O) groups is 1. The first-order chi connectivity index (χ1) is 6.61. The molecule has 3 heteroatoms. The lowest BCUT2D eigenvalue weighted by atomic mass is 10.1. The van der Waals surface area contributed by atoms with Crippen LogP contribution in [-0.4, -0.2) is 30.4 Å².